The summed E-state index contributed by atoms with van der Waals surface area (Å²) in [5.74, 6) is 0. The average Bonchev–Trinajstić information content (AvgIpc) is 2.52. The van der Waals surface area contributed by atoms with Gasteiger partial charge in [-0.15, -0.1) is 0 Å². The van der Waals surface area contributed by atoms with Crippen LogP contribution in [0.1, 0.15) is 5.69 Å². The van der Waals surface area contributed by atoms with Crippen molar-refractivity contribution in [1.82, 2.24) is 4.98 Å². The molecule has 2 rings (SSSR count). The van der Waals surface area contributed by atoms with Crippen LogP contribution in [-0.4, -0.2) is 23.0 Å². The zero-order valence-corrected chi connectivity index (χ0v) is 11.1. The minimum atomic E-state index is -0.416. The van der Waals surface area contributed by atoms with Crippen molar-refractivity contribution < 1.29 is 4.92 Å². The van der Waals surface area contributed by atoms with E-state index in [1.54, 1.807) is 36.5 Å². The Hall–Kier alpha value is -3.14. The maximum atomic E-state index is 10.9. The van der Waals surface area contributed by atoms with Gasteiger partial charge < -0.3 is 10.6 Å². The summed E-state index contributed by atoms with van der Waals surface area (Å²) in [4.78, 5) is 14.4. The van der Waals surface area contributed by atoms with Crippen LogP contribution in [0, 0.1) is 21.4 Å². The van der Waals surface area contributed by atoms with Crippen LogP contribution < -0.4 is 10.6 Å². The van der Waals surface area contributed by atoms with Crippen molar-refractivity contribution in [2.75, 3.05) is 23.7 Å². The van der Waals surface area contributed by atoms with Gasteiger partial charge in [0.05, 0.1) is 16.8 Å². The summed E-state index contributed by atoms with van der Waals surface area (Å²) in [5.41, 5.74) is 1.69. The first-order valence-electron chi connectivity index (χ1n) is 6.28. The van der Waals surface area contributed by atoms with Crippen molar-refractivity contribution in [1.29, 1.82) is 5.26 Å². The summed E-state index contributed by atoms with van der Waals surface area (Å²) < 4.78 is 0. The molecule has 0 fully saturated rings. The number of nitriles is 1. The SMILES string of the molecule is N#Cc1ccc(NCCNc2ccccc2[N+](=O)[O-])cn1. The molecule has 0 amide bonds. The van der Waals surface area contributed by atoms with E-state index < -0.39 is 4.92 Å². The Labute approximate surface area is 121 Å². The molecule has 0 radical (unpaired) electrons. The Kier molecular flexibility index (Phi) is 4.66. The van der Waals surface area contributed by atoms with Crippen LogP contribution in [-0.2, 0) is 0 Å². The third-order valence-corrected chi connectivity index (χ3v) is 2.75. The second kappa shape index (κ2) is 6.86. The van der Waals surface area contributed by atoms with Crippen molar-refractivity contribution in [2.24, 2.45) is 0 Å². The number of aromatic nitrogens is 1. The van der Waals surface area contributed by atoms with Gasteiger partial charge in [0.2, 0.25) is 0 Å². The first-order chi connectivity index (χ1) is 10.2. The Morgan fingerprint density at radius 1 is 1.19 bits per heavy atom. The van der Waals surface area contributed by atoms with E-state index >= 15 is 0 Å². The van der Waals surface area contributed by atoms with E-state index in [0.29, 0.717) is 24.5 Å². The minimum absolute atomic E-state index is 0.0533. The Balaban J connectivity index is 1.85. The van der Waals surface area contributed by atoms with Crippen molar-refractivity contribution in [2.45, 2.75) is 0 Å². The number of rotatable bonds is 6. The van der Waals surface area contributed by atoms with Crippen molar-refractivity contribution in [3.63, 3.8) is 0 Å². The first-order valence-corrected chi connectivity index (χ1v) is 6.28. The molecule has 0 bridgehead atoms. The molecule has 1 aromatic carbocycles. The molecule has 0 unspecified atom stereocenters. The highest BCUT2D eigenvalue weighted by Crippen LogP contribution is 2.22. The quantitative estimate of drug-likeness (QED) is 0.479. The first kappa shape index (κ1) is 14.3. The second-order valence-corrected chi connectivity index (χ2v) is 4.17. The fourth-order valence-electron chi connectivity index (χ4n) is 1.75. The van der Waals surface area contributed by atoms with Crippen molar-refractivity contribution in [3.8, 4) is 6.07 Å². The summed E-state index contributed by atoms with van der Waals surface area (Å²) in [5, 5.41) is 25.6. The van der Waals surface area contributed by atoms with Crippen molar-refractivity contribution >= 4 is 17.1 Å². The monoisotopic (exact) mass is 283 g/mol. The van der Waals surface area contributed by atoms with Crippen LogP contribution in [0.5, 0.6) is 0 Å². The molecule has 21 heavy (non-hydrogen) atoms. The van der Waals surface area contributed by atoms with Crippen LogP contribution in [0.3, 0.4) is 0 Å². The Morgan fingerprint density at radius 3 is 2.62 bits per heavy atom. The van der Waals surface area contributed by atoms with Crippen LogP contribution in [0.15, 0.2) is 42.6 Å². The summed E-state index contributed by atoms with van der Waals surface area (Å²) in [6.45, 7) is 1.09. The smallest absolute Gasteiger partial charge is 0.292 e. The van der Waals surface area contributed by atoms with Crippen LogP contribution in [0.25, 0.3) is 0 Å². The molecule has 0 saturated carbocycles. The maximum absolute atomic E-state index is 10.9. The maximum Gasteiger partial charge on any atom is 0.292 e. The number of pyridine rings is 1. The minimum Gasteiger partial charge on any atom is -0.382 e. The largest absolute Gasteiger partial charge is 0.382 e. The topological polar surface area (TPSA) is 104 Å². The molecule has 0 aliphatic carbocycles. The number of para-hydroxylation sites is 2. The summed E-state index contributed by atoms with van der Waals surface area (Å²) >= 11 is 0. The van der Waals surface area contributed by atoms with Gasteiger partial charge in [-0.3, -0.25) is 10.1 Å². The van der Waals surface area contributed by atoms with Crippen LogP contribution in [0.4, 0.5) is 17.1 Å². The number of anilines is 2. The number of benzene rings is 1. The molecule has 7 heteroatoms. The highest BCUT2D eigenvalue weighted by molar-refractivity contribution is 5.61. The molecule has 7 nitrogen and oxygen atoms in total. The van der Waals surface area contributed by atoms with Gasteiger partial charge in [-0.05, 0) is 18.2 Å². The van der Waals surface area contributed by atoms with E-state index in [1.165, 1.54) is 6.07 Å². The lowest BCUT2D eigenvalue weighted by Gasteiger charge is -2.08. The predicted octanol–water partition coefficient (Wildman–Crippen LogP) is 2.39. The lowest BCUT2D eigenvalue weighted by molar-refractivity contribution is -0.384. The molecule has 1 heterocycles. The normalized spacial score (nSPS) is 9.67. The number of nitro benzene ring substituents is 1. The summed E-state index contributed by atoms with van der Waals surface area (Å²) in [6, 6.07) is 11.8. The van der Waals surface area contributed by atoms with Gasteiger partial charge in [-0.2, -0.15) is 5.26 Å². The zero-order valence-electron chi connectivity index (χ0n) is 11.1. The van der Waals surface area contributed by atoms with Gasteiger partial charge in [0, 0.05) is 19.2 Å². The predicted molar refractivity (Wildman–Crippen MR) is 79.0 cm³/mol. The van der Waals surface area contributed by atoms with E-state index in [-0.39, 0.29) is 5.69 Å². The highest BCUT2D eigenvalue weighted by Gasteiger charge is 2.10. The zero-order chi connectivity index (χ0) is 15.1. The molecule has 1 aromatic heterocycles. The molecular formula is C14H13N5O2. The lowest BCUT2D eigenvalue weighted by atomic mass is 10.2. The van der Waals surface area contributed by atoms with Gasteiger partial charge >= 0.3 is 0 Å². The molecule has 106 valence electrons. The number of nitro groups is 1. The Morgan fingerprint density at radius 2 is 1.95 bits per heavy atom. The fraction of sp³-hybridized carbons (Fsp3) is 0.143. The average molecular weight is 283 g/mol. The van der Waals surface area contributed by atoms with Crippen molar-refractivity contribution in [3.05, 3.63) is 58.4 Å². The van der Waals surface area contributed by atoms with Gasteiger partial charge in [-0.25, -0.2) is 4.98 Å². The van der Waals surface area contributed by atoms with E-state index in [0.717, 1.165) is 5.69 Å². The van der Waals surface area contributed by atoms with E-state index in [9.17, 15) is 10.1 Å². The fourth-order valence-corrected chi connectivity index (χ4v) is 1.75. The molecule has 0 aliphatic rings. The standard InChI is InChI=1S/C14H13N5O2/c15-9-11-5-6-12(10-18-11)16-7-8-17-13-3-1-2-4-14(13)19(20)21/h1-6,10,16-17H,7-8H2. The number of hydrogen-bond acceptors (Lipinski definition) is 6. The molecule has 0 aliphatic heterocycles. The van der Waals surface area contributed by atoms with Gasteiger partial charge in [0.25, 0.3) is 5.69 Å². The number of hydrogen-bond donors (Lipinski definition) is 2. The third kappa shape index (κ3) is 3.91. The number of nitrogens with one attached hydrogen (secondary N) is 2. The highest BCUT2D eigenvalue weighted by atomic mass is 16.6. The van der Waals surface area contributed by atoms with Gasteiger partial charge in [-0.1, -0.05) is 12.1 Å². The third-order valence-electron chi connectivity index (χ3n) is 2.75. The van der Waals surface area contributed by atoms with Crippen LogP contribution in [0.2, 0.25) is 0 Å². The molecule has 2 N–H and O–H groups in total. The molecule has 0 spiro atoms. The van der Waals surface area contributed by atoms with E-state index in [1.807, 2.05) is 6.07 Å². The lowest BCUT2D eigenvalue weighted by Crippen LogP contribution is -2.14. The summed E-state index contributed by atoms with van der Waals surface area (Å²) in [7, 11) is 0. The second-order valence-electron chi connectivity index (χ2n) is 4.17. The summed E-state index contributed by atoms with van der Waals surface area (Å²) in [6.07, 6.45) is 1.57. The van der Waals surface area contributed by atoms with E-state index in [2.05, 4.69) is 15.6 Å². The molecule has 2 aromatic rings. The van der Waals surface area contributed by atoms with E-state index in [4.69, 9.17) is 5.26 Å². The molecule has 0 saturated heterocycles. The molecular weight excluding hydrogens is 270 g/mol. The van der Waals surface area contributed by atoms with Gasteiger partial charge in [0.15, 0.2) is 0 Å². The Bertz CT molecular complexity index is 664. The molecule has 0 atom stereocenters. The van der Waals surface area contributed by atoms with Crippen LogP contribution >= 0.6 is 0 Å². The number of nitrogens with zero attached hydrogens (tertiary/aromatic N) is 3. The van der Waals surface area contributed by atoms with Gasteiger partial charge in [0.1, 0.15) is 17.5 Å².